The molecule has 0 radical (unpaired) electrons. The van der Waals surface area contributed by atoms with Gasteiger partial charge in [0.15, 0.2) is 0 Å². The molecule has 0 aliphatic rings. The Balaban J connectivity index is 4.01. The molecule has 0 aromatic carbocycles. The zero-order valence-corrected chi connectivity index (χ0v) is 7.38. The lowest BCUT2D eigenvalue weighted by Gasteiger charge is -2.09. The van der Waals surface area contributed by atoms with Crippen LogP contribution in [0.1, 0.15) is 0 Å². The van der Waals surface area contributed by atoms with Crippen LogP contribution in [0.5, 0.6) is 0 Å². The molecule has 62 valence electrons. The van der Waals surface area contributed by atoms with E-state index >= 15 is 0 Å². The molecule has 0 saturated carbocycles. The molecule has 0 amide bonds. The van der Waals surface area contributed by atoms with Crippen LogP contribution in [0.2, 0.25) is 0 Å². The second-order valence-corrected chi connectivity index (χ2v) is 4.01. The van der Waals surface area contributed by atoms with Crippen molar-refractivity contribution in [3.05, 3.63) is 12.2 Å². The summed E-state index contributed by atoms with van der Waals surface area (Å²) < 4.78 is 20.4. The summed E-state index contributed by atoms with van der Waals surface area (Å²) in [6, 6.07) is 1.78. The van der Waals surface area contributed by atoms with Crippen molar-refractivity contribution < 1.29 is 13.6 Å². The van der Waals surface area contributed by atoms with Gasteiger partial charge in [0.2, 0.25) is 0 Å². The first-order chi connectivity index (χ1) is 5.18. The molecule has 5 heteroatoms. The zero-order valence-electron chi connectivity index (χ0n) is 6.48. The highest BCUT2D eigenvalue weighted by Gasteiger charge is 2.17. The smallest absolute Gasteiger partial charge is 0.312 e. The zero-order chi connectivity index (χ0) is 8.74. The lowest BCUT2D eigenvalue weighted by atomic mass is 10.6. The number of rotatable bonds is 4. The van der Waals surface area contributed by atoms with E-state index in [9.17, 15) is 4.57 Å². The Morgan fingerprint density at radius 1 is 1.55 bits per heavy atom. The van der Waals surface area contributed by atoms with Crippen molar-refractivity contribution in [2.24, 2.45) is 0 Å². The van der Waals surface area contributed by atoms with E-state index in [0.29, 0.717) is 0 Å². The Morgan fingerprint density at radius 3 is 2.45 bits per heavy atom. The molecule has 4 nitrogen and oxygen atoms in total. The molecule has 0 fully saturated rings. The largest absolute Gasteiger partial charge is 0.333 e. The number of hydrogen-bond acceptors (Lipinski definition) is 4. The lowest BCUT2D eigenvalue weighted by Crippen LogP contribution is -1.91. The molecule has 0 atom stereocenters. The molecule has 11 heavy (non-hydrogen) atoms. The first-order valence-electron chi connectivity index (χ1n) is 2.93. The van der Waals surface area contributed by atoms with Gasteiger partial charge in [-0.2, -0.15) is 5.26 Å². The van der Waals surface area contributed by atoms with Crippen LogP contribution in [-0.2, 0) is 13.6 Å². The average molecular weight is 175 g/mol. The summed E-state index contributed by atoms with van der Waals surface area (Å²) >= 11 is 0. The van der Waals surface area contributed by atoms with Gasteiger partial charge in [-0.1, -0.05) is 6.08 Å². The van der Waals surface area contributed by atoms with E-state index in [1.807, 2.05) is 0 Å². The van der Waals surface area contributed by atoms with E-state index in [1.54, 1.807) is 6.07 Å². The number of hydrogen-bond donors (Lipinski definition) is 0. The first kappa shape index (κ1) is 10.4. The molecule has 0 aromatic heterocycles. The molecule has 0 saturated heterocycles. The van der Waals surface area contributed by atoms with Crippen molar-refractivity contribution in [2.45, 2.75) is 0 Å². The van der Waals surface area contributed by atoms with Crippen LogP contribution in [-0.4, -0.2) is 20.4 Å². The standard InChI is InChI=1S/C6H10NO3P/c1-9-11(8,10-2)6-4-3-5-7/h3-4H,6H2,1-2H3. The topological polar surface area (TPSA) is 59.3 Å². The van der Waals surface area contributed by atoms with Crippen molar-refractivity contribution in [2.75, 3.05) is 20.4 Å². The highest BCUT2D eigenvalue weighted by atomic mass is 31.2. The molecular weight excluding hydrogens is 165 g/mol. The molecule has 0 aliphatic heterocycles. The van der Waals surface area contributed by atoms with Crippen molar-refractivity contribution in [3.8, 4) is 6.07 Å². The maximum absolute atomic E-state index is 11.2. The normalized spacial score (nSPS) is 11.7. The van der Waals surface area contributed by atoms with Gasteiger partial charge in [-0.15, -0.1) is 0 Å². The van der Waals surface area contributed by atoms with Crippen molar-refractivity contribution in [1.82, 2.24) is 0 Å². The van der Waals surface area contributed by atoms with Crippen LogP contribution < -0.4 is 0 Å². The van der Waals surface area contributed by atoms with Gasteiger partial charge in [0, 0.05) is 20.3 Å². The van der Waals surface area contributed by atoms with Gasteiger partial charge in [0.1, 0.15) is 0 Å². The number of nitriles is 1. The van der Waals surface area contributed by atoms with Gasteiger partial charge >= 0.3 is 7.60 Å². The van der Waals surface area contributed by atoms with Crippen molar-refractivity contribution in [1.29, 1.82) is 5.26 Å². The molecule has 0 N–H and O–H groups in total. The van der Waals surface area contributed by atoms with E-state index < -0.39 is 7.60 Å². The summed E-state index contributed by atoms with van der Waals surface area (Å²) in [6.45, 7) is 0. The van der Waals surface area contributed by atoms with Crippen LogP contribution in [0.15, 0.2) is 12.2 Å². The van der Waals surface area contributed by atoms with Gasteiger partial charge in [0.25, 0.3) is 0 Å². The summed E-state index contributed by atoms with van der Waals surface area (Å²) in [6.07, 6.45) is 2.83. The predicted molar refractivity (Wildman–Crippen MR) is 41.2 cm³/mol. The van der Waals surface area contributed by atoms with Crippen molar-refractivity contribution >= 4 is 7.60 Å². The number of nitrogens with zero attached hydrogens (tertiary/aromatic N) is 1. The monoisotopic (exact) mass is 175 g/mol. The molecule has 0 bridgehead atoms. The molecule has 0 aliphatic carbocycles. The molecule has 0 aromatic rings. The first-order valence-corrected chi connectivity index (χ1v) is 4.66. The molecular formula is C6H10NO3P. The number of allylic oxidation sites excluding steroid dienone is 2. The predicted octanol–water partition coefficient (Wildman–Crippen LogP) is 1.55. The maximum Gasteiger partial charge on any atom is 0.333 e. The molecule has 0 rings (SSSR count). The quantitative estimate of drug-likeness (QED) is 0.480. The second-order valence-electron chi connectivity index (χ2n) is 1.69. The minimum atomic E-state index is -2.95. The molecule has 0 unspecified atom stereocenters. The third-order valence-electron chi connectivity index (χ3n) is 1.08. The van der Waals surface area contributed by atoms with Gasteiger partial charge in [-0.25, -0.2) is 0 Å². The fraction of sp³-hybridized carbons (Fsp3) is 0.500. The maximum atomic E-state index is 11.2. The Labute approximate surface area is 66.0 Å². The Kier molecular flexibility index (Phi) is 4.80. The summed E-state index contributed by atoms with van der Waals surface area (Å²) in [5.41, 5.74) is 0. The van der Waals surface area contributed by atoms with Crippen LogP contribution in [0.4, 0.5) is 0 Å². The highest BCUT2D eigenvalue weighted by Crippen LogP contribution is 2.45. The Bertz CT molecular complexity index is 210. The lowest BCUT2D eigenvalue weighted by molar-refractivity contribution is 0.279. The fourth-order valence-corrected chi connectivity index (χ4v) is 1.27. The molecule has 0 spiro atoms. The highest BCUT2D eigenvalue weighted by molar-refractivity contribution is 7.54. The van der Waals surface area contributed by atoms with Gasteiger partial charge in [-0.3, -0.25) is 4.57 Å². The average Bonchev–Trinajstić information content (AvgIpc) is 2.05. The van der Waals surface area contributed by atoms with Gasteiger partial charge < -0.3 is 9.05 Å². The SMILES string of the molecule is COP(=O)(CC=CC#N)OC. The second kappa shape index (κ2) is 5.09. The van der Waals surface area contributed by atoms with Gasteiger partial charge in [-0.05, 0) is 0 Å². The van der Waals surface area contributed by atoms with E-state index in [4.69, 9.17) is 5.26 Å². The Morgan fingerprint density at radius 2 is 2.09 bits per heavy atom. The van der Waals surface area contributed by atoms with Crippen LogP contribution in [0, 0.1) is 11.3 Å². The molecule has 0 heterocycles. The fourth-order valence-electron chi connectivity index (χ4n) is 0.458. The van der Waals surface area contributed by atoms with Gasteiger partial charge in [0.05, 0.1) is 12.2 Å². The minimum Gasteiger partial charge on any atom is -0.312 e. The third kappa shape index (κ3) is 3.94. The van der Waals surface area contributed by atoms with E-state index in [1.165, 1.54) is 26.4 Å². The van der Waals surface area contributed by atoms with E-state index in [2.05, 4.69) is 9.05 Å². The summed E-state index contributed by atoms with van der Waals surface area (Å²) in [4.78, 5) is 0. The van der Waals surface area contributed by atoms with E-state index in [-0.39, 0.29) is 6.16 Å². The summed E-state index contributed by atoms with van der Waals surface area (Å²) in [7, 11) is -0.329. The van der Waals surface area contributed by atoms with Crippen LogP contribution >= 0.6 is 7.60 Å². The van der Waals surface area contributed by atoms with Crippen LogP contribution in [0.25, 0.3) is 0 Å². The minimum absolute atomic E-state index is 0.132. The third-order valence-corrected chi connectivity index (χ3v) is 2.85. The Hall–Kier alpha value is -0.620. The summed E-state index contributed by atoms with van der Waals surface area (Å²) in [5.74, 6) is 0. The van der Waals surface area contributed by atoms with Crippen molar-refractivity contribution in [3.63, 3.8) is 0 Å². The summed E-state index contributed by atoms with van der Waals surface area (Å²) in [5, 5.41) is 8.10. The van der Waals surface area contributed by atoms with E-state index in [0.717, 1.165) is 0 Å². The van der Waals surface area contributed by atoms with Crippen LogP contribution in [0.3, 0.4) is 0 Å².